The second-order valence-electron chi connectivity index (χ2n) is 3.88. The molecule has 1 heterocycles. The third-order valence-corrected chi connectivity index (χ3v) is 2.49. The Morgan fingerprint density at radius 2 is 2.11 bits per heavy atom. The Hall–Kier alpha value is -2.14. The normalized spacial score (nSPS) is 10.3. The first kappa shape index (κ1) is 12.3. The molecule has 0 saturated heterocycles. The first-order valence-electron chi connectivity index (χ1n) is 5.62. The van der Waals surface area contributed by atoms with E-state index >= 15 is 0 Å². The van der Waals surface area contributed by atoms with Crippen LogP contribution in [0.4, 0.5) is 0 Å². The Labute approximate surface area is 104 Å². The molecule has 1 aromatic carbocycles. The van der Waals surface area contributed by atoms with Crippen LogP contribution in [0.2, 0.25) is 0 Å². The van der Waals surface area contributed by atoms with Crippen LogP contribution in [-0.2, 0) is 0 Å². The van der Waals surface area contributed by atoms with Crippen LogP contribution in [0.25, 0.3) is 11.3 Å². The number of aliphatic hydroxyl groups excluding tert-OH is 1. The summed E-state index contributed by atoms with van der Waals surface area (Å²) >= 11 is 0. The smallest absolute Gasteiger partial charge is 0.274 e. The Morgan fingerprint density at radius 1 is 1.39 bits per heavy atom. The van der Waals surface area contributed by atoms with Crippen molar-refractivity contribution in [1.82, 2.24) is 10.3 Å². The highest BCUT2D eigenvalue weighted by molar-refractivity contribution is 5.97. The molecule has 0 aliphatic carbocycles. The highest BCUT2D eigenvalue weighted by Crippen LogP contribution is 2.23. The molecule has 0 bridgehead atoms. The lowest BCUT2D eigenvalue weighted by Gasteiger charge is -2.03. The van der Waals surface area contributed by atoms with E-state index in [1.54, 1.807) is 0 Å². The summed E-state index contributed by atoms with van der Waals surface area (Å²) in [6.45, 7) is 2.07. The molecule has 2 rings (SSSR count). The minimum absolute atomic E-state index is 0.108. The predicted molar refractivity (Wildman–Crippen MR) is 66.1 cm³/mol. The summed E-state index contributed by atoms with van der Waals surface area (Å²) < 4.78 is 5.26. The second kappa shape index (κ2) is 5.46. The van der Waals surface area contributed by atoms with Crippen molar-refractivity contribution in [1.29, 1.82) is 0 Å². The standard InChI is InChI=1S/C13H14N2O3/c1-9-2-4-10(5-3-9)12-11(15-8-18-12)13(17)14-6-7-16/h2-5,8,16H,6-7H2,1H3,(H,14,17). The first-order chi connectivity index (χ1) is 8.72. The van der Waals surface area contributed by atoms with Crippen LogP contribution < -0.4 is 5.32 Å². The van der Waals surface area contributed by atoms with Gasteiger partial charge in [0.2, 0.25) is 0 Å². The van der Waals surface area contributed by atoms with Gasteiger partial charge in [0.1, 0.15) is 0 Å². The van der Waals surface area contributed by atoms with E-state index in [1.165, 1.54) is 6.39 Å². The lowest BCUT2D eigenvalue weighted by molar-refractivity contribution is 0.0940. The van der Waals surface area contributed by atoms with Crippen LogP contribution in [0, 0.1) is 6.92 Å². The third kappa shape index (κ3) is 2.57. The van der Waals surface area contributed by atoms with Crippen LogP contribution in [0.3, 0.4) is 0 Å². The van der Waals surface area contributed by atoms with E-state index in [0.717, 1.165) is 11.1 Å². The van der Waals surface area contributed by atoms with Gasteiger partial charge in [0.15, 0.2) is 17.8 Å². The van der Waals surface area contributed by atoms with Gasteiger partial charge in [0, 0.05) is 12.1 Å². The second-order valence-corrected chi connectivity index (χ2v) is 3.88. The van der Waals surface area contributed by atoms with Crippen LogP contribution >= 0.6 is 0 Å². The van der Waals surface area contributed by atoms with E-state index < -0.39 is 0 Å². The van der Waals surface area contributed by atoms with Crippen molar-refractivity contribution in [3.63, 3.8) is 0 Å². The molecule has 0 atom stereocenters. The van der Waals surface area contributed by atoms with Gasteiger partial charge in [-0.05, 0) is 6.92 Å². The largest absolute Gasteiger partial charge is 0.443 e. The molecule has 0 radical (unpaired) electrons. The fourth-order valence-electron chi connectivity index (χ4n) is 1.57. The predicted octanol–water partition coefficient (Wildman–Crippen LogP) is 1.37. The highest BCUT2D eigenvalue weighted by atomic mass is 16.3. The van der Waals surface area contributed by atoms with Gasteiger partial charge >= 0.3 is 0 Å². The fourth-order valence-corrected chi connectivity index (χ4v) is 1.57. The average molecular weight is 246 g/mol. The molecule has 0 aliphatic rings. The number of oxazole rings is 1. The summed E-state index contributed by atoms with van der Waals surface area (Å²) in [7, 11) is 0. The maximum absolute atomic E-state index is 11.8. The number of benzene rings is 1. The number of carbonyl (C=O) groups is 1. The fraction of sp³-hybridized carbons (Fsp3) is 0.231. The average Bonchev–Trinajstić information content (AvgIpc) is 2.86. The summed E-state index contributed by atoms with van der Waals surface area (Å²) in [5.74, 6) is 0.0822. The van der Waals surface area contributed by atoms with Crippen LogP contribution in [0.15, 0.2) is 35.1 Å². The summed E-state index contributed by atoms with van der Waals surface area (Å²) in [6.07, 6.45) is 1.24. The Balaban J connectivity index is 2.27. The number of amides is 1. The molecule has 0 unspecified atom stereocenters. The molecule has 1 amide bonds. The zero-order valence-corrected chi connectivity index (χ0v) is 10.0. The van der Waals surface area contributed by atoms with Crippen LogP contribution in [0.1, 0.15) is 16.1 Å². The molecule has 0 fully saturated rings. The van der Waals surface area contributed by atoms with Crippen molar-refractivity contribution >= 4 is 5.91 Å². The molecule has 18 heavy (non-hydrogen) atoms. The van der Waals surface area contributed by atoms with Crippen LogP contribution in [0.5, 0.6) is 0 Å². The lowest BCUT2D eigenvalue weighted by atomic mass is 10.1. The number of aliphatic hydroxyl groups is 1. The summed E-state index contributed by atoms with van der Waals surface area (Å²) in [5, 5.41) is 11.2. The van der Waals surface area contributed by atoms with Gasteiger partial charge in [-0.2, -0.15) is 0 Å². The number of aromatic nitrogens is 1. The molecule has 5 nitrogen and oxygen atoms in total. The topological polar surface area (TPSA) is 75.4 Å². The maximum Gasteiger partial charge on any atom is 0.274 e. The van der Waals surface area contributed by atoms with Crippen molar-refractivity contribution in [2.75, 3.05) is 13.2 Å². The number of rotatable bonds is 4. The molecule has 94 valence electrons. The molecule has 0 aliphatic heterocycles. The SMILES string of the molecule is Cc1ccc(-c2ocnc2C(=O)NCCO)cc1. The van der Waals surface area contributed by atoms with Crippen LogP contribution in [-0.4, -0.2) is 29.1 Å². The number of carbonyl (C=O) groups excluding carboxylic acids is 1. The maximum atomic E-state index is 11.8. The number of nitrogens with one attached hydrogen (secondary N) is 1. The molecule has 2 N–H and O–H groups in total. The summed E-state index contributed by atoms with van der Waals surface area (Å²) in [4.78, 5) is 15.7. The number of hydrogen-bond acceptors (Lipinski definition) is 4. The van der Waals surface area contributed by atoms with Crippen molar-refractivity contribution in [3.05, 3.63) is 41.9 Å². The summed E-state index contributed by atoms with van der Waals surface area (Å²) in [6, 6.07) is 7.62. The molecular formula is C13H14N2O3. The van der Waals surface area contributed by atoms with E-state index in [0.29, 0.717) is 5.76 Å². The summed E-state index contributed by atoms with van der Waals surface area (Å²) in [5.41, 5.74) is 2.16. The molecule has 1 aromatic heterocycles. The van der Waals surface area contributed by atoms with Crippen molar-refractivity contribution in [2.45, 2.75) is 6.92 Å². The number of aryl methyl sites for hydroxylation is 1. The molecule has 0 spiro atoms. The first-order valence-corrected chi connectivity index (χ1v) is 5.62. The highest BCUT2D eigenvalue weighted by Gasteiger charge is 2.17. The molecular weight excluding hydrogens is 232 g/mol. The molecule has 5 heteroatoms. The van der Waals surface area contributed by atoms with Gasteiger partial charge in [0.25, 0.3) is 5.91 Å². The Kier molecular flexibility index (Phi) is 3.74. The van der Waals surface area contributed by atoms with Gasteiger partial charge in [-0.3, -0.25) is 4.79 Å². The zero-order valence-electron chi connectivity index (χ0n) is 10.0. The third-order valence-electron chi connectivity index (χ3n) is 2.49. The Morgan fingerprint density at radius 3 is 2.78 bits per heavy atom. The quantitative estimate of drug-likeness (QED) is 0.854. The van der Waals surface area contributed by atoms with E-state index in [9.17, 15) is 4.79 Å². The molecule has 0 saturated carbocycles. The van der Waals surface area contributed by atoms with Gasteiger partial charge < -0.3 is 14.8 Å². The van der Waals surface area contributed by atoms with E-state index in [2.05, 4.69) is 10.3 Å². The Bertz CT molecular complexity index is 531. The number of nitrogens with zero attached hydrogens (tertiary/aromatic N) is 1. The van der Waals surface area contributed by atoms with Gasteiger partial charge in [-0.1, -0.05) is 29.8 Å². The minimum Gasteiger partial charge on any atom is -0.443 e. The van der Waals surface area contributed by atoms with Crippen molar-refractivity contribution < 1.29 is 14.3 Å². The lowest BCUT2D eigenvalue weighted by Crippen LogP contribution is -2.27. The number of hydrogen-bond donors (Lipinski definition) is 2. The minimum atomic E-state index is -0.353. The van der Waals surface area contributed by atoms with Gasteiger partial charge in [-0.15, -0.1) is 0 Å². The zero-order chi connectivity index (χ0) is 13.0. The molecule has 2 aromatic rings. The van der Waals surface area contributed by atoms with E-state index in [-0.39, 0.29) is 24.8 Å². The van der Waals surface area contributed by atoms with Gasteiger partial charge in [0.05, 0.1) is 6.61 Å². The van der Waals surface area contributed by atoms with E-state index in [1.807, 2.05) is 31.2 Å². The van der Waals surface area contributed by atoms with E-state index in [4.69, 9.17) is 9.52 Å². The van der Waals surface area contributed by atoms with Crippen molar-refractivity contribution in [3.8, 4) is 11.3 Å². The monoisotopic (exact) mass is 246 g/mol. The van der Waals surface area contributed by atoms with Gasteiger partial charge in [-0.25, -0.2) is 4.98 Å². The van der Waals surface area contributed by atoms with Crippen molar-refractivity contribution in [2.24, 2.45) is 0 Å².